The SMILES string of the molecule is N#CC(=C(O)CCBr)c1nc(=O)c2ccccc2s1. The molecule has 0 aliphatic carbocycles. The summed E-state index contributed by atoms with van der Waals surface area (Å²) in [6.45, 7) is 0. The highest BCUT2D eigenvalue weighted by Crippen LogP contribution is 2.24. The number of halogens is 1. The minimum atomic E-state index is -0.385. The fourth-order valence-corrected chi connectivity index (χ4v) is 2.96. The van der Waals surface area contributed by atoms with Crippen LogP contribution in [0.25, 0.3) is 15.7 Å². The van der Waals surface area contributed by atoms with E-state index >= 15 is 0 Å². The van der Waals surface area contributed by atoms with Gasteiger partial charge in [-0.05, 0) is 12.1 Å². The van der Waals surface area contributed by atoms with Crippen LogP contribution in [0.15, 0.2) is 34.8 Å². The second-order valence-corrected chi connectivity index (χ2v) is 5.52. The van der Waals surface area contributed by atoms with Crippen LogP contribution >= 0.6 is 27.3 Å². The summed E-state index contributed by atoms with van der Waals surface area (Å²) in [5, 5.41) is 20.2. The molecule has 96 valence electrons. The van der Waals surface area contributed by atoms with Crippen LogP contribution in [0.3, 0.4) is 0 Å². The van der Waals surface area contributed by atoms with Crippen molar-refractivity contribution in [3.63, 3.8) is 0 Å². The lowest BCUT2D eigenvalue weighted by molar-refractivity contribution is 0.400. The molecule has 2 rings (SSSR count). The average Bonchev–Trinajstić information content (AvgIpc) is 2.40. The van der Waals surface area contributed by atoms with Gasteiger partial charge >= 0.3 is 0 Å². The lowest BCUT2D eigenvalue weighted by atomic mass is 10.2. The molecule has 1 aromatic heterocycles. The zero-order chi connectivity index (χ0) is 13.8. The number of hydrogen-bond donors (Lipinski definition) is 1. The van der Waals surface area contributed by atoms with Crippen LogP contribution in [0.5, 0.6) is 0 Å². The molecule has 0 atom stereocenters. The molecule has 19 heavy (non-hydrogen) atoms. The molecule has 1 N–H and O–H groups in total. The number of fused-ring (bicyclic) bond motifs is 1. The first-order valence-corrected chi connectivity index (χ1v) is 7.39. The number of nitrogens with zero attached hydrogens (tertiary/aromatic N) is 2. The topological polar surface area (TPSA) is 74.0 Å². The van der Waals surface area contributed by atoms with E-state index in [1.54, 1.807) is 18.2 Å². The van der Waals surface area contributed by atoms with Crippen molar-refractivity contribution >= 4 is 42.9 Å². The second-order valence-electron chi connectivity index (χ2n) is 3.69. The Morgan fingerprint density at radius 3 is 2.89 bits per heavy atom. The van der Waals surface area contributed by atoms with Gasteiger partial charge in [0.25, 0.3) is 5.56 Å². The van der Waals surface area contributed by atoms with E-state index < -0.39 is 0 Å². The Labute approximate surface area is 121 Å². The molecule has 0 amide bonds. The van der Waals surface area contributed by atoms with Gasteiger partial charge in [-0.3, -0.25) is 4.79 Å². The molecule has 0 aliphatic heterocycles. The molecule has 0 saturated carbocycles. The van der Waals surface area contributed by atoms with Gasteiger partial charge in [0.05, 0.1) is 5.39 Å². The summed E-state index contributed by atoms with van der Waals surface area (Å²) in [6.07, 6.45) is 0.318. The highest BCUT2D eigenvalue weighted by molar-refractivity contribution is 9.09. The van der Waals surface area contributed by atoms with Crippen molar-refractivity contribution in [2.24, 2.45) is 0 Å². The monoisotopic (exact) mass is 336 g/mol. The quantitative estimate of drug-likeness (QED) is 0.530. The number of hydrogen-bond acceptors (Lipinski definition) is 5. The van der Waals surface area contributed by atoms with E-state index in [1.165, 1.54) is 11.3 Å². The highest BCUT2D eigenvalue weighted by Gasteiger charge is 2.13. The predicted molar refractivity (Wildman–Crippen MR) is 79.5 cm³/mol. The normalized spacial score (nSPS) is 12.0. The summed E-state index contributed by atoms with van der Waals surface area (Å²) >= 11 is 4.41. The van der Waals surface area contributed by atoms with Crippen LogP contribution in [0.4, 0.5) is 0 Å². The zero-order valence-electron chi connectivity index (χ0n) is 9.76. The van der Waals surface area contributed by atoms with Gasteiger partial charge in [0.1, 0.15) is 22.4 Å². The van der Waals surface area contributed by atoms with E-state index in [0.717, 1.165) is 4.70 Å². The molecule has 6 heteroatoms. The van der Waals surface area contributed by atoms with Gasteiger partial charge in [-0.2, -0.15) is 10.2 Å². The maximum Gasteiger partial charge on any atom is 0.279 e. The summed E-state index contributed by atoms with van der Waals surface area (Å²) in [7, 11) is 0. The molecule has 2 aromatic rings. The van der Waals surface area contributed by atoms with Crippen molar-refractivity contribution in [3.05, 3.63) is 45.4 Å². The van der Waals surface area contributed by atoms with Crippen LogP contribution in [-0.2, 0) is 0 Å². The van der Waals surface area contributed by atoms with Gasteiger partial charge in [0.2, 0.25) is 0 Å². The third kappa shape index (κ3) is 2.83. The van der Waals surface area contributed by atoms with Gasteiger partial charge in [-0.1, -0.05) is 28.1 Å². The number of aliphatic hydroxyl groups excluding tert-OH is 1. The Hall–Kier alpha value is -1.71. The van der Waals surface area contributed by atoms with Gasteiger partial charge in [-0.15, -0.1) is 11.3 Å². The van der Waals surface area contributed by atoms with E-state index in [1.807, 2.05) is 12.1 Å². The summed E-state index contributed by atoms with van der Waals surface area (Å²) in [6, 6.07) is 8.98. The molecule has 1 heterocycles. The third-order valence-corrected chi connectivity index (χ3v) is 3.93. The Kier molecular flexibility index (Phi) is 4.30. The first-order chi connectivity index (χ1) is 9.17. The summed E-state index contributed by atoms with van der Waals surface area (Å²) in [5.74, 6) is -0.0576. The van der Waals surface area contributed by atoms with Gasteiger partial charge in [0.15, 0.2) is 0 Å². The lowest BCUT2D eigenvalue weighted by Gasteiger charge is -2.02. The maximum absolute atomic E-state index is 11.9. The van der Waals surface area contributed by atoms with Crippen molar-refractivity contribution < 1.29 is 5.11 Å². The van der Waals surface area contributed by atoms with E-state index in [2.05, 4.69) is 20.9 Å². The number of benzene rings is 1. The largest absolute Gasteiger partial charge is 0.511 e. The Morgan fingerprint density at radius 2 is 2.21 bits per heavy atom. The molecule has 0 bridgehead atoms. The first-order valence-electron chi connectivity index (χ1n) is 5.45. The molecule has 0 radical (unpaired) electrons. The molecule has 0 fully saturated rings. The smallest absolute Gasteiger partial charge is 0.279 e. The summed E-state index contributed by atoms with van der Waals surface area (Å²) in [4.78, 5) is 15.8. The number of nitriles is 1. The summed E-state index contributed by atoms with van der Waals surface area (Å²) in [5.41, 5.74) is -0.323. The van der Waals surface area contributed by atoms with Crippen molar-refractivity contribution in [1.29, 1.82) is 5.26 Å². The van der Waals surface area contributed by atoms with Gasteiger partial charge in [-0.25, -0.2) is 0 Å². The number of aliphatic hydroxyl groups is 1. The third-order valence-electron chi connectivity index (χ3n) is 2.47. The lowest BCUT2D eigenvalue weighted by Crippen LogP contribution is -2.07. The van der Waals surface area contributed by atoms with Crippen molar-refractivity contribution in [1.82, 2.24) is 4.98 Å². The fourth-order valence-electron chi connectivity index (χ4n) is 1.57. The standard InChI is InChI=1S/C13H9BrN2O2S/c14-6-5-10(17)9(7-15)13-16-12(18)8-3-1-2-4-11(8)19-13/h1-4,17H,5-6H2. The van der Waals surface area contributed by atoms with Crippen LogP contribution < -0.4 is 5.56 Å². The Balaban J connectivity index is 2.67. The Bertz CT molecular complexity index is 746. The molecule has 0 spiro atoms. The fraction of sp³-hybridized carbons (Fsp3) is 0.154. The van der Waals surface area contributed by atoms with Crippen LogP contribution in [0.1, 0.15) is 11.4 Å². The van der Waals surface area contributed by atoms with Crippen LogP contribution in [0.2, 0.25) is 0 Å². The van der Waals surface area contributed by atoms with E-state index in [4.69, 9.17) is 5.26 Å². The average molecular weight is 337 g/mol. The first kappa shape index (κ1) is 13.7. The highest BCUT2D eigenvalue weighted by atomic mass is 79.9. The molecule has 0 saturated heterocycles. The number of aromatic nitrogens is 1. The molecule has 1 aromatic carbocycles. The molecule has 0 aliphatic rings. The van der Waals surface area contributed by atoms with Crippen LogP contribution in [0, 0.1) is 11.3 Å². The van der Waals surface area contributed by atoms with Crippen molar-refractivity contribution in [2.75, 3.05) is 5.33 Å². The zero-order valence-corrected chi connectivity index (χ0v) is 12.2. The molecule has 0 unspecified atom stereocenters. The van der Waals surface area contributed by atoms with E-state index in [9.17, 15) is 9.90 Å². The minimum absolute atomic E-state index is 0.0576. The van der Waals surface area contributed by atoms with Crippen molar-refractivity contribution in [3.8, 4) is 6.07 Å². The maximum atomic E-state index is 11.9. The molecular formula is C13H9BrN2O2S. The minimum Gasteiger partial charge on any atom is -0.511 e. The second kappa shape index (κ2) is 5.95. The van der Waals surface area contributed by atoms with E-state index in [-0.39, 0.29) is 21.9 Å². The number of rotatable bonds is 3. The summed E-state index contributed by atoms with van der Waals surface area (Å²) < 4.78 is 0.747. The van der Waals surface area contributed by atoms with Gasteiger partial charge < -0.3 is 5.11 Å². The van der Waals surface area contributed by atoms with E-state index in [0.29, 0.717) is 17.1 Å². The van der Waals surface area contributed by atoms with Crippen molar-refractivity contribution in [2.45, 2.75) is 6.42 Å². The molecular weight excluding hydrogens is 328 g/mol. The van der Waals surface area contributed by atoms with Crippen LogP contribution in [-0.4, -0.2) is 15.4 Å². The van der Waals surface area contributed by atoms with Gasteiger partial charge in [0, 0.05) is 16.5 Å². The number of alkyl halides is 1. The number of allylic oxidation sites excluding steroid dienone is 2. The Morgan fingerprint density at radius 1 is 1.47 bits per heavy atom. The molecule has 4 nitrogen and oxygen atoms in total. The predicted octanol–water partition coefficient (Wildman–Crippen LogP) is 3.23.